The molecular formula is C18H17ClN4O5S. The second kappa shape index (κ2) is 7.34. The number of hydrogen-bond acceptors (Lipinski definition) is 7. The van der Waals surface area contributed by atoms with E-state index in [1.807, 2.05) is 0 Å². The molecule has 0 saturated carbocycles. The minimum atomic E-state index is -1.06. The molecule has 1 N–H and O–H groups in total. The summed E-state index contributed by atoms with van der Waals surface area (Å²) in [6, 6.07) is 5.94. The van der Waals surface area contributed by atoms with E-state index in [-0.39, 0.29) is 30.1 Å². The van der Waals surface area contributed by atoms with Gasteiger partial charge in [0.2, 0.25) is 5.91 Å². The van der Waals surface area contributed by atoms with E-state index in [1.54, 1.807) is 31.2 Å². The molecule has 2 aromatic rings. The fourth-order valence-electron chi connectivity index (χ4n) is 3.53. The van der Waals surface area contributed by atoms with Gasteiger partial charge < -0.3 is 14.7 Å². The maximum atomic E-state index is 12.2. The van der Waals surface area contributed by atoms with Crippen LogP contribution in [0.5, 0.6) is 0 Å². The highest BCUT2D eigenvalue weighted by molar-refractivity contribution is 8.01. The van der Waals surface area contributed by atoms with E-state index < -0.39 is 22.7 Å². The van der Waals surface area contributed by atoms with Gasteiger partial charge in [0, 0.05) is 5.02 Å². The fraction of sp³-hybridized carbons (Fsp3) is 0.389. The molecule has 2 fully saturated rings. The molecule has 0 aliphatic carbocycles. The van der Waals surface area contributed by atoms with Crippen molar-refractivity contribution in [2.24, 2.45) is 0 Å². The van der Waals surface area contributed by atoms with Crippen molar-refractivity contribution < 1.29 is 24.2 Å². The summed E-state index contributed by atoms with van der Waals surface area (Å²) in [6.07, 6.45) is 1.61. The fourth-order valence-corrected chi connectivity index (χ4v) is 5.39. The molecule has 3 unspecified atom stereocenters. The van der Waals surface area contributed by atoms with Gasteiger partial charge in [-0.2, -0.15) is 9.90 Å². The van der Waals surface area contributed by atoms with Gasteiger partial charge in [0.05, 0.1) is 29.3 Å². The SMILES string of the molecule is CC1(Cn2ncc(C(=O)OCc3ccc(Cl)cc3)n2)SC2CC(=O)N2C1C(=O)O. The average molecular weight is 437 g/mol. The highest BCUT2D eigenvalue weighted by Gasteiger charge is 2.61. The van der Waals surface area contributed by atoms with Gasteiger partial charge in [-0.3, -0.25) is 4.79 Å². The predicted molar refractivity (Wildman–Crippen MR) is 103 cm³/mol. The first kappa shape index (κ1) is 19.7. The molecule has 0 spiro atoms. The Kier molecular flexibility index (Phi) is 4.99. The lowest BCUT2D eigenvalue weighted by atomic mass is 9.96. The molecule has 1 aromatic carbocycles. The number of halogens is 1. The van der Waals surface area contributed by atoms with Crippen molar-refractivity contribution in [2.45, 2.75) is 42.7 Å². The van der Waals surface area contributed by atoms with Gasteiger partial charge in [0.1, 0.15) is 12.6 Å². The summed E-state index contributed by atoms with van der Waals surface area (Å²) in [7, 11) is 0. The standard InChI is InChI=1S/C18H17ClN4O5S/c1-18(15(16(25)26)23-13(24)6-14(23)29-18)9-22-20-7-12(21-22)17(27)28-8-10-2-4-11(19)5-3-10/h2-5,7,14-15H,6,8-9H2,1H3,(H,25,26). The summed E-state index contributed by atoms with van der Waals surface area (Å²) in [5.74, 6) is -1.87. The number of carbonyl (C=O) groups is 3. The number of esters is 1. The van der Waals surface area contributed by atoms with Crippen molar-refractivity contribution in [1.82, 2.24) is 19.9 Å². The van der Waals surface area contributed by atoms with Crippen molar-refractivity contribution in [3.05, 3.63) is 46.7 Å². The predicted octanol–water partition coefficient (Wildman–Crippen LogP) is 1.81. The Morgan fingerprint density at radius 2 is 2.10 bits per heavy atom. The van der Waals surface area contributed by atoms with Crippen LogP contribution in [0.2, 0.25) is 5.02 Å². The van der Waals surface area contributed by atoms with Gasteiger partial charge in [0.15, 0.2) is 5.69 Å². The van der Waals surface area contributed by atoms with E-state index >= 15 is 0 Å². The van der Waals surface area contributed by atoms with E-state index in [1.165, 1.54) is 27.7 Å². The van der Waals surface area contributed by atoms with Crippen molar-refractivity contribution >= 4 is 41.2 Å². The molecule has 9 nitrogen and oxygen atoms in total. The zero-order valence-electron chi connectivity index (χ0n) is 15.3. The van der Waals surface area contributed by atoms with Gasteiger partial charge in [-0.05, 0) is 24.6 Å². The maximum absolute atomic E-state index is 12.2. The number of rotatable bonds is 6. The van der Waals surface area contributed by atoms with Crippen LogP contribution in [-0.2, 0) is 27.5 Å². The second-order valence-corrected chi connectivity index (χ2v) is 9.24. The number of amides is 1. The van der Waals surface area contributed by atoms with Crippen LogP contribution in [0.25, 0.3) is 0 Å². The topological polar surface area (TPSA) is 115 Å². The minimum Gasteiger partial charge on any atom is -0.480 e. The summed E-state index contributed by atoms with van der Waals surface area (Å²) in [6.45, 7) is 1.97. The largest absolute Gasteiger partial charge is 0.480 e. The molecule has 0 bridgehead atoms. The van der Waals surface area contributed by atoms with Gasteiger partial charge in [-0.1, -0.05) is 23.7 Å². The number of hydrogen-bond donors (Lipinski definition) is 1. The lowest BCUT2D eigenvalue weighted by Gasteiger charge is -2.36. The summed E-state index contributed by atoms with van der Waals surface area (Å²) in [5.41, 5.74) is 0.806. The Bertz CT molecular complexity index is 981. The van der Waals surface area contributed by atoms with Crippen LogP contribution in [0.15, 0.2) is 30.5 Å². The molecule has 11 heteroatoms. The molecule has 2 saturated heterocycles. The monoisotopic (exact) mass is 436 g/mol. The number of benzene rings is 1. The number of aromatic nitrogens is 3. The third-order valence-corrected chi connectivity index (χ3v) is 6.74. The first-order valence-electron chi connectivity index (χ1n) is 8.80. The van der Waals surface area contributed by atoms with E-state index in [9.17, 15) is 19.5 Å². The number of thioether (sulfide) groups is 1. The Balaban J connectivity index is 1.42. The number of ether oxygens (including phenoxy) is 1. The third kappa shape index (κ3) is 3.69. The quantitative estimate of drug-likeness (QED) is 0.538. The lowest BCUT2D eigenvalue weighted by molar-refractivity contribution is -0.157. The summed E-state index contributed by atoms with van der Waals surface area (Å²) in [4.78, 5) is 38.5. The number of carboxylic acid groups (broad SMARTS) is 1. The second-order valence-electron chi connectivity index (χ2n) is 7.09. The number of carboxylic acids is 1. The summed E-state index contributed by atoms with van der Waals surface area (Å²) in [5, 5.41) is 18.3. The normalized spacial score (nSPS) is 25.4. The van der Waals surface area contributed by atoms with E-state index in [0.717, 1.165) is 5.56 Å². The van der Waals surface area contributed by atoms with Crippen molar-refractivity contribution in [3.63, 3.8) is 0 Å². The van der Waals surface area contributed by atoms with Crippen LogP contribution in [0.3, 0.4) is 0 Å². The summed E-state index contributed by atoms with van der Waals surface area (Å²) >= 11 is 7.25. The Hall–Kier alpha value is -2.59. The molecule has 2 aliphatic heterocycles. The number of nitrogens with zero attached hydrogens (tertiary/aromatic N) is 4. The highest BCUT2D eigenvalue weighted by atomic mass is 35.5. The lowest BCUT2D eigenvalue weighted by Crippen LogP contribution is -2.58. The Labute approximate surface area is 175 Å². The summed E-state index contributed by atoms with van der Waals surface area (Å²) < 4.78 is 4.42. The molecule has 1 amide bonds. The Morgan fingerprint density at radius 1 is 1.38 bits per heavy atom. The molecule has 2 aliphatic rings. The highest BCUT2D eigenvalue weighted by Crippen LogP contribution is 2.51. The first-order chi connectivity index (χ1) is 13.8. The zero-order valence-corrected chi connectivity index (χ0v) is 16.9. The van der Waals surface area contributed by atoms with E-state index in [2.05, 4.69) is 10.2 Å². The number of carbonyl (C=O) groups excluding carboxylic acids is 2. The van der Waals surface area contributed by atoms with Crippen molar-refractivity contribution in [1.29, 1.82) is 0 Å². The van der Waals surface area contributed by atoms with E-state index in [0.29, 0.717) is 11.4 Å². The van der Waals surface area contributed by atoms with Crippen molar-refractivity contribution in [2.75, 3.05) is 0 Å². The molecule has 1 aromatic heterocycles. The van der Waals surface area contributed by atoms with Crippen LogP contribution >= 0.6 is 23.4 Å². The van der Waals surface area contributed by atoms with Crippen LogP contribution in [-0.4, -0.2) is 59.0 Å². The first-order valence-corrected chi connectivity index (χ1v) is 10.1. The van der Waals surface area contributed by atoms with Crippen LogP contribution in [0, 0.1) is 0 Å². The average Bonchev–Trinajstić information content (AvgIpc) is 3.21. The van der Waals surface area contributed by atoms with Crippen molar-refractivity contribution in [3.8, 4) is 0 Å². The smallest absolute Gasteiger partial charge is 0.360 e. The van der Waals surface area contributed by atoms with Gasteiger partial charge in [-0.15, -0.1) is 16.9 Å². The van der Waals surface area contributed by atoms with Crippen LogP contribution in [0.4, 0.5) is 0 Å². The van der Waals surface area contributed by atoms with Crippen LogP contribution in [0.1, 0.15) is 29.4 Å². The van der Waals surface area contributed by atoms with Gasteiger partial charge in [0.25, 0.3) is 0 Å². The number of fused-ring (bicyclic) bond motifs is 1. The van der Waals surface area contributed by atoms with Gasteiger partial charge in [-0.25, -0.2) is 9.59 Å². The molecule has 29 heavy (non-hydrogen) atoms. The maximum Gasteiger partial charge on any atom is 0.360 e. The van der Waals surface area contributed by atoms with Crippen LogP contribution < -0.4 is 0 Å². The molecule has 3 heterocycles. The third-order valence-electron chi connectivity index (χ3n) is 4.93. The minimum absolute atomic E-state index is 0.0248. The Morgan fingerprint density at radius 3 is 2.76 bits per heavy atom. The van der Waals surface area contributed by atoms with E-state index in [4.69, 9.17) is 16.3 Å². The molecule has 4 rings (SSSR count). The number of β-lactam (4-membered cyclic amide) rings is 1. The zero-order chi connectivity index (χ0) is 20.8. The molecular weight excluding hydrogens is 420 g/mol. The number of aliphatic carboxylic acids is 1. The molecule has 3 atom stereocenters. The van der Waals surface area contributed by atoms with Gasteiger partial charge >= 0.3 is 11.9 Å². The molecule has 0 radical (unpaired) electrons. The molecule has 152 valence electrons.